The van der Waals surface area contributed by atoms with Gasteiger partial charge in [0.15, 0.2) is 0 Å². The van der Waals surface area contributed by atoms with Gasteiger partial charge in [-0.1, -0.05) is 0 Å². The van der Waals surface area contributed by atoms with Crippen molar-refractivity contribution in [3.8, 4) is 0 Å². The van der Waals surface area contributed by atoms with Gasteiger partial charge in [-0.2, -0.15) is 11.8 Å². The van der Waals surface area contributed by atoms with Crippen molar-refractivity contribution in [1.29, 1.82) is 0 Å². The summed E-state index contributed by atoms with van der Waals surface area (Å²) in [5, 5.41) is 3.40. The molecule has 3 nitrogen and oxygen atoms in total. The molecule has 1 aliphatic heterocycles. The third-order valence-electron chi connectivity index (χ3n) is 2.59. The number of carbonyl (C=O) groups excluding carboxylic acids is 1. The van der Waals surface area contributed by atoms with Gasteiger partial charge >= 0.3 is 5.97 Å². The van der Waals surface area contributed by atoms with Crippen molar-refractivity contribution < 1.29 is 9.53 Å². The quantitative estimate of drug-likeness (QED) is 0.557. The lowest BCUT2D eigenvalue weighted by Gasteiger charge is -2.22. The van der Waals surface area contributed by atoms with Crippen LogP contribution >= 0.6 is 11.8 Å². The minimum atomic E-state index is -0.0794. The fourth-order valence-corrected chi connectivity index (χ4v) is 2.67. The standard InChI is InChI=1S/C11H21NO2S/c1-2-14-11(13)9-15-7-5-10-4-3-6-12-8-10/h10,12H,2-9H2,1H3. The summed E-state index contributed by atoms with van der Waals surface area (Å²) in [6, 6.07) is 0. The van der Waals surface area contributed by atoms with Gasteiger partial charge in [0, 0.05) is 0 Å². The van der Waals surface area contributed by atoms with Crippen LogP contribution in [0, 0.1) is 5.92 Å². The zero-order valence-corrected chi connectivity index (χ0v) is 10.3. The number of rotatable bonds is 6. The summed E-state index contributed by atoms with van der Waals surface area (Å²) in [4.78, 5) is 11.0. The third kappa shape index (κ3) is 6.05. The normalized spacial score (nSPS) is 21.3. The maximum atomic E-state index is 11.0. The van der Waals surface area contributed by atoms with E-state index in [0.717, 1.165) is 18.2 Å². The molecule has 1 fully saturated rings. The molecule has 0 amide bonds. The smallest absolute Gasteiger partial charge is 0.315 e. The van der Waals surface area contributed by atoms with Crippen molar-refractivity contribution in [2.75, 3.05) is 31.2 Å². The molecule has 1 rings (SSSR count). The third-order valence-corrected chi connectivity index (χ3v) is 3.56. The van der Waals surface area contributed by atoms with Crippen LogP contribution in [0.4, 0.5) is 0 Å². The minimum Gasteiger partial charge on any atom is -0.465 e. The Labute approximate surface area is 96.3 Å². The first-order chi connectivity index (χ1) is 7.33. The van der Waals surface area contributed by atoms with Crippen LogP contribution in [0.5, 0.6) is 0 Å². The lowest BCUT2D eigenvalue weighted by molar-refractivity contribution is -0.139. The molecule has 0 aromatic heterocycles. The summed E-state index contributed by atoms with van der Waals surface area (Å²) in [7, 11) is 0. The Hall–Kier alpha value is -0.220. The van der Waals surface area contributed by atoms with Crippen molar-refractivity contribution in [3.63, 3.8) is 0 Å². The lowest BCUT2D eigenvalue weighted by atomic mass is 9.97. The maximum absolute atomic E-state index is 11.0. The molecule has 4 heteroatoms. The molecule has 1 aliphatic rings. The van der Waals surface area contributed by atoms with Crippen LogP contribution in [0.25, 0.3) is 0 Å². The topological polar surface area (TPSA) is 38.3 Å². The molecular weight excluding hydrogens is 210 g/mol. The van der Waals surface area contributed by atoms with E-state index in [2.05, 4.69) is 5.32 Å². The second kappa shape index (κ2) is 7.99. The predicted octanol–water partition coefficient (Wildman–Crippen LogP) is 1.67. The van der Waals surface area contributed by atoms with Crippen LogP contribution in [0.15, 0.2) is 0 Å². The molecule has 0 aromatic carbocycles. The van der Waals surface area contributed by atoms with Gasteiger partial charge in [0.05, 0.1) is 12.4 Å². The van der Waals surface area contributed by atoms with Crippen LogP contribution < -0.4 is 5.32 Å². The van der Waals surface area contributed by atoms with Crippen LogP contribution in [0.2, 0.25) is 0 Å². The molecule has 0 bridgehead atoms. The molecule has 15 heavy (non-hydrogen) atoms. The van der Waals surface area contributed by atoms with E-state index >= 15 is 0 Å². The minimum absolute atomic E-state index is 0.0794. The van der Waals surface area contributed by atoms with E-state index in [1.165, 1.54) is 25.8 Å². The Kier molecular flexibility index (Phi) is 6.85. The first-order valence-corrected chi connectivity index (χ1v) is 6.92. The number of carbonyl (C=O) groups is 1. The van der Waals surface area contributed by atoms with Gasteiger partial charge in [-0.25, -0.2) is 0 Å². The highest BCUT2D eigenvalue weighted by Gasteiger charge is 2.12. The van der Waals surface area contributed by atoms with Crippen LogP contribution in [0.1, 0.15) is 26.2 Å². The molecular formula is C11H21NO2S. The van der Waals surface area contributed by atoms with Gasteiger partial charge in [0.1, 0.15) is 0 Å². The summed E-state index contributed by atoms with van der Waals surface area (Å²) in [6.07, 6.45) is 3.86. The van der Waals surface area contributed by atoms with E-state index in [1.807, 2.05) is 6.92 Å². The van der Waals surface area contributed by atoms with Gasteiger partial charge in [-0.05, 0) is 50.9 Å². The number of esters is 1. The molecule has 1 saturated heterocycles. The second-order valence-corrected chi connectivity index (χ2v) is 4.96. The Bertz CT molecular complexity index is 181. The highest BCUT2D eigenvalue weighted by atomic mass is 32.2. The summed E-state index contributed by atoms with van der Waals surface area (Å²) in [5.74, 6) is 2.32. The van der Waals surface area contributed by atoms with Crippen molar-refractivity contribution in [1.82, 2.24) is 5.32 Å². The molecule has 0 radical (unpaired) electrons. The number of hydrogen-bond acceptors (Lipinski definition) is 4. The van der Waals surface area contributed by atoms with Gasteiger partial charge in [0.25, 0.3) is 0 Å². The molecule has 0 saturated carbocycles. The van der Waals surface area contributed by atoms with Crippen molar-refractivity contribution in [2.45, 2.75) is 26.2 Å². The highest BCUT2D eigenvalue weighted by Crippen LogP contribution is 2.16. The van der Waals surface area contributed by atoms with Gasteiger partial charge in [-0.15, -0.1) is 0 Å². The van der Waals surface area contributed by atoms with Crippen LogP contribution in [0.3, 0.4) is 0 Å². The second-order valence-electron chi connectivity index (χ2n) is 3.86. The van der Waals surface area contributed by atoms with Gasteiger partial charge < -0.3 is 10.1 Å². The first-order valence-electron chi connectivity index (χ1n) is 5.77. The lowest BCUT2D eigenvalue weighted by Crippen LogP contribution is -2.30. The van der Waals surface area contributed by atoms with Gasteiger partial charge in [0.2, 0.25) is 0 Å². The fourth-order valence-electron chi connectivity index (χ4n) is 1.78. The molecule has 1 N–H and O–H groups in total. The Morgan fingerprint density at radius 1 is 1.60 bits per heavy atom. The summed E-state index contributed by atoms with van der Waals surface area (Å²) in [6.45, 7) is 4.66. The van der Waals surface area contributed by atoms with Crippen LogP contribution in [-0.4, -0.2) is 37.2 Å². The van der Waals surface area contributed by atoms with Crippen molar-refractivity contribution >= 4 is 17.7 Å². The predicted molar refractivity (Wildman–Crippen MR) is 64.2 cm³/mol. The zero-order chi connectivity index (χ0) is 10.9. The Morgan fingerprint density at radius 3 is 3.13 bits per heavy atom. The number of thioether (sulfide) groups is 1. The first kappa shape index (κ1) is 12.8. The van der Waals surface area contributed by atoms with E-state index in [-0.39, 0.29) is 5.97 Å². The molecule has 1 unspecified atom stereocenters. The van der Waals surface area contributed by atoms with E-state index in [1.54, 1.807) is 11.8 Å². The van der Waals surface area contributed by atoms with Crippen molar-refractivity contribution in [2.24, 2.45) is 5.92 Å². The van der Waals surface area contributed by atoms with Gasteiger partial charge in [-0.3, -0.25) is 4.79 Å². The fraction of sp³-hybridized carbons (Fsp3) is 0.909. The summed E-state index contributed by atoms with van der Waals surface area (Å²) >= 11 is 1.69. The molecule has 88 valence electrons. The highest BCUT2D eigenvalue weighted by molar-refractivity contribution is 7.99. The van der Waals surface area contributed by atoms with E-state index < -0.39 is 0 Å². The largest absolute Gasteiger partial charge is 0.465 e. The molecule has 0 aromatic rings. The number of nitrogens with one attached hydrogen (secondary N) is 1. The number of piperidine rings is 1. The SMILES string of the molecule is CCOC(=O)CSCCC1CCCNC1. The van der Waals surface area contributed by atoms with Crippen LogP contribution in [-0.2, 0) is 9.53 Å². The van der Waals surface area contributed by atoms with Crippen molar-refractivity contribution in [3.05, 3.63) is 0 Å². The maximum Gasteiger partial charge on any atom is 0.315 e. The number of hydrogen-bond donors (Lipinski definition) is 1. The zero-order valence-electron chi connectivity index (χ0n) is 9.46. The Morgan fingerprint density at radius 2 is 2.47 bits per heavy atom. The molecule has 1 atom stereocenters. The van der Waals surface area contributed by atoms with E-state index in [0.29, 0.717) is 12.4 Å². The molecule has 0 aliphatic carbocycles. The average molecular weight is 231 g/mol. The summed E-state index contributed by atoms with van der Waals surface area (Å²) < 4.78 is 4.86. The summed E-state index contributed by atoms with van der Waals surface area (Å²) in [5.41, 5.74) is 0. The Balaban J connectivity index is 1.93. The molecule has 1 heterocycles. The van der Waals surface area contributed by atoms with E-state index in [4.69, 9.17) is 4.74 Å². The monoisotopic (exact) mass is 231 g/mol. The average Bonchev–Trinajstić information content (AvgIpc) is 2.26. The molecule has 0 spiro atoms. The van der Waals surface area contributed by atoms with E-state index in [9.17, 15) is 4.79 Å². The number of ether oxygens (including phenoxy) is 1.